The van der Waals surface area contributed by atoms with Crippen molar-refractivity contribution < 1.29 is 0 Å². The van der Waals surface area contributed by atoms with Crippen LogP contribution in [0.1, 0.15) is 19.3 Å². The van der Waals surface area contributed by atoms with Crippen molar-refractivity contribution in [3.05, 3.63) is 36.5 Å². The lowest BCUT2D eigenvalue weighted by atomic mass is 10.1. The minimum atomic E-state index is 0.611. The van der Waals surface area contributed by atoms with E-state index in [1.54, 1.807) is 0 Å². The zero-order valence-electron chi connectivity index (χ0n) is 13.4. The van der Waals surface area contributed by atoms with Crippen LogP contribution in [-0.4, -0.2) is 33.3 Å². The summed E-state index contributed by atoms with van der Waals surface area (Å²) in [4.78, 5) is 8.93. The molecule has 120 valence electrons. The topological polar surface area (TPSA) is 81.7 Å². The molecule has 0 bridgehead atoms. The summed E-state index contributed by atoms with van der Waals surface area (Å²) in [5, 5.41) is 8.76. The molecule has 0 saturated carbocycles. The number of benzene rings is 1. The molecule has 6 nitrogen and oxygen atoms in total. The molecule has 0 radical (unpaired) electrons. The molecule has 3 N–H and O–H groups in total. The Morgan fingerprint density at radius 3 is 2.70 bits per heavy atom. The van der Waals surface area contributed by atoms with Crippen molar-refractivity contribution in [2.24, 2.45) is 5.73 Å². The third-order valence-corrected chi connectivity index (χ3v) is 3.83. The van der Waals surface area contributed by atoms with Crippen molar-refractivity contribution in [3.63, 3.8) is 0 Å². The number of nitrogens with one attached hydrogen (secondary N) is 1. The lowest BCUT2D eigenvalue weighted by molar-refractivity contribution is 0.558. The summed E-state index contributed by atoms with van der Waals surface area (Å²) < 4.78 is 1.98. The van der Waals surface area contributed by atoms with Crippen LogP contribution >= 0.6 is 0 Å². The van der Waals surface area contributed by atoms with Gasteiger partial charge in [0, 0.05) is 25.4 Å². The summed E-state index contributed by atoms with van der Waals surface area (Å²) >= 11 is 0. The van der Waals surface area contributed by atoms with Gasteiger partial charge in [-0.2, -0.15) is 10.1 Å². The molecule has 1 aromatic carbocycles. The van der Waals surface area contributed by atoms with Gasteiger partial charge in [-0.25, -0.2) is 9.67 Å². The monoisotopic (exact) mass is 310 g/mol. The molecule has 23 heavy (non-hydrogen) atoms. The zero-order chi connectivity index (χ0) is 16.1. The molecule has 6 heteroatoms. The molecule has 0 unspecified atom stereocenters. The second kappa shape index (κ2) is 7.19. The maximum Gasteiger partial charge on any atom is 0.224 e. The number of rotatable bonds is 7. The molecule has 0 aliphatic heterocycles. The summed E-state index contributed by atoms with van der Waals surface area (Å²) in [6.07, 6.45) is 5.03. The highest BCUT2D eigenvalue weighted by atomic mass is 15.3. The smallest absolute Gasteiger partial charge is 0.224 e. The molecule has 0 fully saturated rings. The summed E-state index contributed by atoms with van der Waals surface area (Å²) in [6, 6.07) is 10.2. The normalized spacial score (nSPS) is 11.0. The predicted octanol–water partition coefficient (Wildman–Crippen LogP) is 2.66. The van der Waals surface area contributed by atoms with Crippen LogP contribution in [-0.2, 0) is 6.54 Å². The van der Waals surface area contributed by atoms with Crippen molar-refractivity contribution in [1.82, 2.24) is 19.7 Å². The van der Waals surface area contributed by atoms with Crippen molar-refractivity contribution in [2.75, 3.05) is 18.9 Å². The first kappa shape index (κ1) is 15.4. The lowest BCUT2D eigenvalue weighted by Gasteiger charge is -2.03. The van der Waals surface area contributed by atoms with E-state index < -0.39 is 0 Å². The molecular formula is C17H22N6. The Kier molecular flexibility index (Phi) is 4.83. The van der Waals surface area contributed by atoms with Crippen LogP contribution in [0.2, 0.25) is 0 Å². The molecule has 0 atom stereocenters. The molecule has 2 aromatic heterocycles. The number of hydrogen-bond donors (Lipinski definition) is 2. The van der Waals surface area contributed by atoms with E-state index in [-0.39, 0.29) is 0 Å². The molecule has 0 amide bonds. The lowest BCUT2D eigenvalue weighted by Crippen LogP contribution is -2.04. The fraction of sp³-hybridized carbons (Fsp3) is 0.353. The standard InChI is InChI=1S/C17H22N6/c1-19-17-20-12-14-15(13-8-4-2-5-9-13)22-23(16(14)21-17)11-7-3-6-10-18/h2,4-5,8-9,12H,3,6-7,10-11,18H2,1H3,(H,19,20,21). The molecule has 0 saturated heterocycles. The van der Waals surface area contributed by atoms with E-state index in [1.165, 1.54) is 0 Å². The Balaban J connectivity index is 2.00. The van der Waals surface area contributed by atoms with Crippen LogP contribution in [0.25, 0.3) is 22.3 Å². The van der Waals surface area contributed by atoms with Gasteiger partial charge in [-0.3, -0.25) is 0 Å². The van der Waals surface area contributed by atoms with E-state index in [1.807, 2.05) is 36.1 Å². The average Bonchev–Trinajstić information content (AvgIpc) is 2.97. The third kappa shape index (κ3) is 3.32. The Morgan fingerprint density at radius 1 is 1.13 bits per heavy atom. The number of nitrogens with two attached hydrogens (primary N) is 1. The number of nitrogens with zero attached hydrogens (tertiary/aromatic N) is 4. The maximum absolute atomic E-state index is 5.57. The summed E-state index contributed by atoms with van der Waals surface area (Å²) in [6.45, 7) is 1.57. The van der Waals surface area contributed by atoms with E-state index in [0.717, 1.165) is 54.6 Å². The van der Waals surface area contributed by atoms with Gasteiger partial charge in [-0.05, 0) is 19.4 Å². The van der Waals surface area contributed by atoms with Crippen LogP contribution in [0, 0.1) is 0 Å². The van der Waals surface area contributed by atoms with Crippen molar-refractivity contribution in [2.45, 2.75) is 25.8 Å². The van der Waals surface area contributed by atoms with Crippen molar-refractivity contribution >= 4 is 17.0 Å². The van der Waals surface area contributed by atoms with Crippen LogP contribution in [0.4, 0.5) is 5.95 Å². The van der Waals surface area contributed by atoms with Gasteiger partial charge >= 0.3 is 0 Å². The number of fused-ring (bicyclic) bond motifs is 1. The van der Waals surface area contributed by atoms with Crippen LogP contribution < -0.4 is 11.1 Å². The minimum absolute atomic E-state index is 0.611. The van der Waals surface area contributed by atoms with Gasteiger partial charge in [0.1, 0.15) is 5.69 Å². The summed E-state index contributed by atoms with van der Waals surface area (Å²) in [7, 11) is 1.82. The van der Waals surface area contributed by atoms with E-state index in [9.17, 15) is 0 Å². The number of aryl methyl sites for hydroxylation is 1. The number of anilines is 1. The molecule has 3 rings (SSSR count). The molecule has 3 aromatic rings. The van der Waals surface area contributed by atoms with Crippen molar-refractivity contribution in [1.29, 1.82) is 0 Å². The van der Waals surface area contributed by atoms with Gasteiger partial charge in [0.2, 0.25) is 5.95 Å². The quantitative estimate of drug-likeness (QED) is 0.656. The summed E-state index contributed by atoms with van der Waals surface area (Å²) in [5.74, 6) is 0.611. The molecule has 0 spiro atoms. The number of aromatic nitrogens is 4. The highest BCUT2D eigenvalue weighted by Gasteiger charge is 2.14. The van der Waals surface area contributed by atoms with Gasteiger partial charge in [0.05, 0.1) is 5.39 Å². The first-order chi connectivity index (χ1) is 11.3. The zero-order valence-corrected chi connectivity index (χ0v) is 13.4. The van der Waals surface area contributed by atoms with E-state index in [2.05, 4.69) is 27.4 Å². The van der Waals surface area contributed by atoms with Gasteiger partial charge < -0.3 is 11.1 Å². The van der Waals surface area contributed by atoms with E-state index in [4.69, 9.17) is 10.8 Å². The van der Waals surface area contributed by atoms with Crippen LogP contribution in [0.3, 0.4) is 0 Å². The first-order valence-corrected chi connectivity index (χ1v) is 8.00. The summed E-state index contributed by atoms with van der Waals surface area (Å²) in [5.41, 5.74) is 8.45. The van der Waals surface area contributed by atoms with Crippen LogP contribution in [0.5, 0.6) is 0 Å². The molecular weight excluding hydrogens is 288 g/mol. The Bertz CT molecular complexity index is 765. The van der Waals surface area contributed by atoms with Gasteiger partial charge in [0.25, 0.3) is 0 Å². The molecule has 0 aliphatic rings. The van der Waals surface area contributed by atoms with Crippen molar-refractivity contribution in [3.8, 4) is 11.3 Å². The first-order valence-electron chi connectivity index (χ1n) is 8.00. The predicted molar refractivity (Wildman–Crippen MR) is 93.2 cm³/mol. The fourth-order valence-corrected chi connectivity index (χ4v) is 2.63. The highest BCUT2D eigenvalue weighted by molar-refractivity contribution is 5.91. The second-order valence-electron chi connectivity index (χ2n) is 5.47. The van der Waals surface area contributed by atoms with E-state index >= 15 is 0 Å². The number of unbranched alkanes of at least 4 members (excludes halogenated alkanes) is 2. The van der Waals surface area contributed by atoms with Gasteiger partial charge in [0.15, 0.2) is 5.65 Å². The van der Waals surface area contributed by atoms with Gasteiger partial charge in [-0.1, -0.05) is 36.8 Å². The van der Waals surface area contributed by atoms with Crippen LogP contribution in [0.15, 0.2) is 36.5 Å². The SMILES string of the molecule is CNc1ncc2c(-c3ccccc3)nn(CCCCCN)c2n1. The van der Waals surface area contributed by atoms with Gasteiger partial charge in [-0.15, -0.1) is 0 Å². The molecule has 2 heterocycles. The maximum atomic E-state index is 5.57. The third-order valence-electron chi connectivity index (χ3n) is 3.83. The Labute approximate surface area is 135 Å². The van der Waals surface area contributed by atoms with E-state index in [0.29, 0.717) is 5.95 Å². The largest absolute Gasteiger partial charge is 0.357 e. The Morgan fingerprint density at radius 2 is 1.96 bits per heavy atom. The average molecular weight is 310 g/mol. The second-order valence-corrected chi connectivity index (χ2v) is 5.47. The number of hydrogen-bond acceptors (Lipinski definition) is 5. The molecule has 0 aliphatic carbocycles. The highest BCUT2D eigenvalue weighted by Crippen LogP contribution is 2.27. The minimum Gasteiger partial charge on any atom is -0.357 e. The fourth-order valence-electron chi connectivity index (χ4n) is 2.63. The Hall–Kier alpha value is -2.47.